The molecule has 0 aliphatic rings. The molecule has 1 aromatic carbocycles. The van der Waals surface area contributed by atoms with Crippen LogP contribution < -0.4 is 10.6 Å². The summed E-state index contributed by atoms with van der Waals surface area (Å²) in [6, 6.07) is 11.9. The van der Waals surface area contributed by atoms with Gasteiger partial charge in [0.15, 0.2) is 0 Å². The average molecular weight is 348 g/mol. The zero-order chi connectivity index (χ0) is 18.5. The number of rotatable bonds is 5. The molecule has 0 bridgehead atoms. The summed E-state index contributed by atoms with van der Waals surface area (Å²) in [6.07, 6.45) is 3.36. The van der Waals surface area contributed by atoms with Crippen molar-refractivity contribution >= 4 is 17.5 Å². The third-order valence-corrected chi connectivity index (χ3v) is 3.51. The summed E-state index contributed by atoms with van der Waals surface area (Å²) in [4.78, 5) is 12.9. The number of hydrogen-bond acceptors (Lipinski definition) is 6. The van der Waals surface area contributed by atoms with Crippen molar-refractivity contribution in [3.8, 4) is 17.3 Å². The minimum absolute atomic E-state index is 0.0602. The monoisotopic (exact) mass is 348 g/mol. The van der Waals surface area contributed by atoms with Crippen LogP contribution in [0.1, 0.15) is 19.4 Å². The molecular formula is C19H17FN6. The van der Waals surface area contributed by atoms with Gasteiger partial charge in [-0.15, -0.1) is 0 Å². The second-order valence-electron chi connectivity index (χ2n) is 5.90. The molecule has 0 atom stereocenters. The Morgan fingerprint density at radius 3 is 2.58 bits per heavy atom. The number of hydrogen-bond donors (Lipinski definition) is 2. The lowest BCUT2D eigenvalue weighted by atomic mass is 10.1. The van der Waals surface area contributed by atoms with E-state index in [1.165, 1.54) is 12.1 Å². The second-order valence-corrected chi connectivity index (χ2v) is 5.90. The van der Waals surface area contributed by atoms with Crippen LogP contribution in [0.15, 0.2) is 48.8 Å². The lowest BCUT2D eigenvalue weighted by molar-refractivity contribution is 0.624. The first-order valence-corrected chi connectivity index (χ1v) is 8.08. The summed E-state index contributed by atoms with van der Waals surface area (Å²) >= 11 is 0. The first kappa shape index (κ1) is 17.3. The lowest BCUT2D eigenvalue weighted by Crippen LogP contribution is -2.13. The van der Waals surface area contributed by atoms with E-state index in [0.717, 1.165) is 5.56 Å². The van der Waals surface area contributed by atoms with Crippen molar-refractivity contribution in [3.63, 3.8) is 0 Å². The number of halogens is 1. The van der Waals surface area contributed by atoms with Gasteiger partial charge in [-0.05, 0) is 38.1 Å². The molecule has 0 saturated carbocycles. The molecule has 0 aliphatic heterocycles. The number of nitrogens with one attached hydrogen (secondary N) is 2. The average Bonchev–Trinajstić information content (AvgIpc) is 2.62. The quantitative estimate of drug-likeness (QED) is 0.721. The molecule has 26 heavy (non-hydrogen) atoms. The molecule has 0 aliphatic carbocycles. The number of nitriles is 1. The molecule has 0 amide bonds. The number of nitrogens with zero attached hydrogens (tertiary/aromatic N) is 4. The highest BCUT2D eigenvalue weighted by Gasteiger charge is 2.12. The minimum Gasteiger partial charge on any atom is -0.352 e. The normalized spacial score (nSPS) is 10.4. The Labute approximate surface area is 150 Å². The number of aromatic nitrogens is 3. The van der Waals surface area contributed by atoms with Gasteiger partial charge in [0.1, 0.15) is 23.3 Å². The van der Waals surface area contributed by atoms with Crippen LogP contribution >= 0.6 is 0 Å². The summed E-state index contributed by atoms with van der Waals surface area (Å²) in [5, 5.41) is 15.4. The van der Waals surface area contributed by atoms with E-state index in [1.54, 1.807) is 24.5 Å². The Morgan fingerprint density at radius 2 is 1.88 bits per heavy atom. The van der Waals surface area contributed by atoms with Crippen molar-refractivity contribution in [2.75, 3.05) is 10.6 Å². The predicted octanol–water partition coefficient (Wildman–Crippen LogP) is 4.11. The topological polar surface area (TPSA) is 86.5 Å². The van der Waals surface area contributed by atoms with Crippen molar-refractivity contribution in [1.29, 1.82) is 5.26 Å². The van der Waals surface area contributed by atoms with Crippen LogP contribution in [0.2, 0.25) is 0 Å². The summed E-state index contributed by atoms with van der Waals surface area (Å²) in [6.45, 7) is 3.96. The summed E-state index contributed by atoms with van der Waals surface area (Å²) in [5.74, 6) is 0.310. The number of anilines is 3. The Bertz CT molecular complexity index is 950. The Kier molecular flexibility index (Phi) is 5.04. The predicted molar refractivity (Wildman–Crippen MR) is 98.4 cm³/mol. The van der Waals surface area contributed by atoms with Crippen molar-refractivity contribution in [1.82, 2.24) is 15.0 Å². The van der Waals surface area contributed by atoms with Gasteiger partial charge in [-0.1, -0.05) is 6.07 Å². The Morgan fingerprint density at radius 1 is 1.12 bits per heavy atom. The minimum atomic E-state index is -0.582. The molecule has 2 heterocycles. The van der Waals surface area contributed by atoms with Crippen LogP contribution in [0.5, 0.6) is 0 Å². The maximum absolute atomic E-state index is 13.8. The molecule has 7 heteroatoms. The van der Waals surface area contributed by atoms with Gasteiger partial charge in [-0.3, -0.25) is 4.98 Å². The van der Waals surface area contributed by atoms with Gasteiger partial charge >= 0.3 is 0 Å². The van der Waals surface area contributed by atoms with Gasteiger partial charge in [-0.25, -0.2) is 9.37 Å². The molecule has 3 rings (SSSR count). The molecule has 2 aromatic heterocycles. The molecule has 0 radical (unpaired) electrons. The Balaban J connectivity index is 2.04. The molecular weight excluding hydrogens is 331 g/mol. The van der Waals surface area contributed by atoms with Gasteiger partial charge in [0.05, 0.1) is 11.4 Å². The molecule has 6 nitrogen and oxygen atoms in total. The first-order valence-electron chi connectivity index (χ1n) is 8.08. The molecule has 0 spiro atoms. The Hall–Kier alpha value is -3.53. The van der Waals surface area contributed by atoms with E-state index in [0.29, 0.717) is 23.1 Å². The molecule has 130 valence electrons. The van der Waals surface area contributed by atoms with Gasteiger partial charge in [0.2, 0.25) is 5.95 Å². The van der Waals surface area contributed by atoms with Crippen LogP contribution in [-0.4, -0.2) is 21.0 Å². The molecule has 0 saturated heterocycles. The van der Waals surface area contributed by atoms with E-state index in [1.807, 2.05) is 32.0 Å². The van der Waals surface area contributed by atoms with E-state index in [2.05, 4.69) is 25.6 Å². The highest BCUT2D eigenvalue weighted by Crippen LogP contribution is 2.26. The molecule has 0 fully saturated rings. The largest absolute Gasteiger partial charge is 0.352 e. The van der Waals surface area contributed by atoms with Crippen molar-refractivity contribution in [3.05, 3.63) is 60.2 Å². The van der Waals surface area contributed by atoms with Crippen LogP contribution in [0.25, 0.3) is 11.3 Å². The smallest absolute Gasteiger partial charge is 0.225 e. The summed E-state index contributed by atoms with van der Waals surface area (Å²) < 4.78 is 13.8. The number of benzene rings is 1. The van der Waals surface area contributed by atoms with E-state index >= 15 is 0 Å². The first-order chi connectivity index (χ1) is 12.6. The van der Waals surface area contributed by atoms with Gasteiger partial charge in [0.25, 0.3) is 0 Å². The maximum atomic E-state index is 13.8. The summed E-state index contributed by atoms with van der Waals surface area (Å²) in [7, 11) is 0. The zero-order valence-corrected chi connectivity index (χ0v) is 14.4. The maximum Gasteiger partial charge on any atom is 0.225 e. The van der Waals surface area contributed by atoms with Crippen LogP contribution in [-0.2, 0) is 0 Å². The van der Waals surface area contributed by atoms with E-state index < -0.39 is 5.82 Å². The molecule has 2 N–H and O–H groups in total. The van der Waals surface area contributed by atoms with Gasteiger partial charge < -0.3 is 10.6 Å². The van der Waals surface area contributed by atoms with Crippen LogP contribution in [0.4, 0.5) is 21.8 Å². The fourth-order valence-electron chi connectivity index (χ4n) is 2.38. The van der Waals surface area contributed by atoms with Gasteiger partial charge in [-0.2, -0.15) is 10.2 Å². The zero-order valence-electron chi connectivity index (χ0n) is 14.4. The van der Waals surface area contributed by atoms with Crippen molar-refractivity contribution in [2.24, 2.45) is 0 Å². The number of pyridine rings is 1. The highest BCUT2D eigenvalue weighted by molar-refractivity contribution is 5.70. The summed E-state index contributed by atoms with van der Waals surface area (Å²) in [5.41, 5.74) is 1.84. The highest BCUT2D eigenvalue weighted by atomic mass is 19.1. The van der Waals surface area contributed by atoms with E-state index in [-0.39, 0.29) is 11.6 Å². The molecule has 0 unspecified atom stereocenters. The third kappa shape index (κ3) is 3.92. The van der Waals surface area contributed by atoms with Crippen LogP contribution in [0, 0.1) is 17.1 Å². The fourth-order valence-corrected chi connectivity index (χ4v) is 2.38. The third-order valence-electron chi connectivity index (χ3n) is 3.51. The SMILES string of the molecule is CC(C)Nc1nc(Nc2cccc(F)c2C#N)cc(-c2ccncc2)n1. The van der Waals surface area contributed by atoms with Crippen LogP contribution in [0.3, 0.4) is 0 Å². The standard InChI is InChI=1S/C19H17FN6/c1-12(2)23-19-25-17(13-6-8-22-9-7-13)10-18(26-19)24-16-5-3-4-15(20)14(16)11-21/h3-10,12H,1-2H3,(H2,23,24,25,26). The van der Waals surface area contributed by atoms with E-state index in [9.17, 15) is 9.65 Å². The lowest BCUT2D eigenvalue weighted by Gasteiger charge is -2.13. The van der Waals surface area contributed by atoms with Crippen molar-refractivity contribution < 1.29 is 4.39 Å². The second kappa shape index (κ2) is 7.57. The van der Waals surface area contributed by atoms with E-state index in [4.69, 9.17) is 0 Å². The molecule has 3 aromatic rings. The van der Waals surface area contributed by atoms with Gasteiger partial charge in [0, 0.05) is 30.1 Å². The fraction of sp³-hybridized carbons (Fsp3) is 0.158. The van der Waals surface area contributed by atoms with Crippen molar-refractivity contribution in [2.45, 2.75) is 19.9 Å².